The average Bonchev–Trinajstić information content (AvgIpc) is 2.69. The first-order valence-electron chi connectivity index (χ1n) is 5.02. The third-order valence-corrected chi connectivity index (χ3v) is 2.39. The first kappa shape index (κ1) is 10.7. The minimum Gasteiger partial charge on any atom is -0.305 e. The summed E-state index contributed by atoms with van der Waals surface area (Å²) in [4.78, 5) is 8.61. The lowest BCUT2D eigenvalue weighted by molar-refractivity contribution is 0.574. The van der Waals surface area contributed by atoms with Crippen molar-refractivity contribution in [1.29, 1.82) is 0 Å². The number of hydrogen-bond donors (Lipinski definition) is 1. The van der Waals surface area contributed by atoms with E-state index in [4.69, 9.17) is 0 Å². The van der Waals surface area contributed by atoms with Gasteiger partial charge in [-0.1, -0.05) is 5.21 Å². The average molecular weight is 218 g/mol. The van der Waals surface area contributed by atoms with E-state index in [0.717, 1.165) is 17.1 Å². The molecule has 1 N–H and O–H groups in total. The Morgan fingerprint density at radius 1 is 1.25 bits per heavy atom. The number of hydrogen-bond acceptors (Lipinski definition) is 5. The van der Waals surface area contributed by atoms with Crippen molar-refractivity contribution in [3.8, 4) is 0 Å². The highest BCUT2D eigenvalue weighted by molar-refractivity contribution is 5.15. The molecule has 2 rings (SSSR count). The van der Waals surface area contributed by atoms with Crippen LogP contribution >= 0.6 is 0 Å². The van der Waals surface area contributed by atoms with Crippen LogP contribution < -0.4 is 5.32 Å². The van der Waals surface area contributed by atoms with Gasteiger partial charge in [-0.2, -0.15) is 0 Å². The molecule has 1 atom stereocenters. The van der Waals surface area contributed by atoms with Gasteiger partial charge in [0.05, 0.1) is 11.9 Å². The molecular formula is C10H14N6. The SMILES string of the molecule is CNC(c1ncc(C)cn1)c1cnnn1C. The Kier molecular flexibility index (Phi) is 2.91. The first-order chi connectivity index (χ1) is 7.72. The summed E-state index contributed by atoms with van der Waals surface area (Å²) >= 11 is 0. The molecule has 0 fully saturated rings. The van der Waals surface area contributed by atoms with E-state index in [9.17, 15) is 0 Å². The molecule has 0 aliphatic carbocycles. The number of aromatic nitrogens is 5. The Hall–Kier alpha value is -1.82. The van der Waals surface area contributed by atoms with Gasteiger partial charge in [0, 0.05) is 19.4 Å². The van der Waals surface area contributed by atoms with E-state index in [2.05, 4.69) is 25.6 Å². The van der Waals surface area contributed by atoms with Gasteiger partial charge < -0.3 is 5.32 Å². The molecule has 0 aliphatic rings. The zero-order valence-corrected chi connectivity index (χ0v) is 9.55. The summed E-state index contributed by atoms with van der Waals surface area (Å²) in [6.07, 6.45) is 5.32. The van der Waals surface area contributed by atoms with Crippen LogP contribution in [0.1, 0.15) is 23.1 Å². The lowest BCUT2D eigenvalue weighted by Gasteiger charge is -2.13. The maximum absolute atomic E-state index is 4.30. The highest BCUT2D eigenvalue weighted by Crippen LogP contribution is 2.15. The summed E-state index contributed by atoms with van der Waals surface area (Å²) in [6.45, 7) is 1.96. The third kappa shape index (κ3) is 1.92. The van der Waals surface area contributed by atoms with Crippen LogP contribution in [0.4, 0.5) is 0 Å². The Bertz CT molecular complexity index is 460. The lowest BCUT2D eigenvalue weighted by Crippen LogP contribution is -2.22. The number of nitrogens with zero attached hydrogens (tertiary/aromatic N) is 5. The van der Waals surface area contributed by atoms with E-state index in [1.54, 1.807) is 23.3 Å². The highest BCUT2D eigenvalue weighted by Gasteiger charge is 2.18. The van der Waals surface area contributed by atoms with Gasteiger partial charge in [-0.05, 0) is 19.5 Å². The fourth-order valence-electron chi connectivity index (χ4n) is 1.52. The molecule has 0 radical (unpaired) electrons. The molecule has 0 saturated carbocycles. The minimum atomic E-state index is -0.0828. The second-order valence-electron chi connectivity index (χ2n) is 3.62. The van der Waals surface area contributed by atoms with Gasteiger partial charge in [0.25, 0.3) is 0 Å². The standard InChI is InChI=1S/C10H14N6/c1-7-4-12-10(13-5-7)9(11-2)8-6-14-15-16(8)3/h4-6,9,11H,1-3H3. The molecule has 16 heavy (non-hydrogen) atoms. The van der Waals surface area contributed by atoms with Crippen LogP contribution in [-0.2, 0) is 7.05 Å². The smallest absolute Gasteiger partial charge is 0.151 e. The van der Waals surface area contributed by atoms with Gasteiger partial charge in [-0.15, -0.1) is 5.10 Å². The molecule has 0 spiro atoms. The van der Waals surface area contributed by atoms with Crippen LogP contribution in [-0.4, -0.2) is 32.0 Å². The van der Waals surface area contributed by atoms with Gasteiger partial charge in [-0.25, -0.2) is 9.97 Å². The van der Waals surface area contributed by atoms with Crippen molar-refractivity contribution >= 4 is 0 Å². The summed E-state index contributed by atoms with van der Waals surface area (Å²) in [7, 11) is 3.71. The molecule has 0 amide bonds. The van der Waals surface area contributed by atoms with Crippen LogP contribution in [0.3, 0.4) is 0 Å². The predicted octanol–water partition coefficient (Wildman–Crippen LogP) is 0.222. The van der Waals surface area contributed by atoms with E-state index in [1.165, 1.54) is 0 Å². The molecule has 2 aromatic rings. The summed E-state index contributed by atoms with van der Waals surface area (Å²) in [5.41, 5.74) is 1.98. The summed E-state index contributed by atoms with van der Waals surface area (Å²) in [5, 5.41) is 10.9. The van der Waals surface area contributed by atoms with E-state index in [-0.39, 0.29) is 6.04 Å². The van der Waals surface area contributed by atoms with Crippen LogP contribution in [0, 0.1) is 6.92 Å². The maximum atomic E-state index is 4.30. The molecule has 0 aromatic carbocycles. The zero-order chi connectivity index (χ0) is 11.5. The lowest BCUT2D eigenvalue weighted by atomic mass is 10.2. The Morgan fingerprint density at radius 3 is 2.44 bits per heavy atom. The van der Waals surface area contributed by atoms with Crippen molar-refractivity contribution in [3.05, 3.63) is 35.7 Å². The van der Waals surface area contributed by atoms with Crippen molar-refractivity contribution in [2.24, 2.45) is 7.05 Å². The highest BCUT2D eigenvalue weighted by atomic mass is 15.4. The maximum Gasteiger partial charge on any atom is 0.151 e. The molecular weight excluding hydrogens is 204 g/mol. The number of nitrogens with one attached hydrogen (secondary N) is 1. The molecule has 2 aromatic heterocycles. The Balaban J connectivity index is 2.37. The molecule has 2 heterocycles. The summed E-state index contributed by atoms with van der Waals surface area (Å²) in [6, 6.07) is -0.0828. The number of rotatable bonds is 3. The third-order valence-electron chi connectivity index (χ3n) is 2.39. The van der Waals surface area contributed by atoms with Gasteiger partial charge >= 0.3 is 0 Å². The van der Waals surface area contributed by atoms with E-state index in [1.807, 2.05) is 21.0 Å². The number of aryl methyl sites for hydroxylation is 2. The summed E-state index contributed by atoms with van der Waals surface area (Å²) in [5.74, 6) is 0.721. The van der Waals surface area contributed by atoms with Crippen molar-refractivity contribution in [3.63, 3.8) is 0 Å². The van der Waals surface area contributed by atoms with Gasteiger partial charge in [-0.3, -0.25) is 4.68 Å². The van der Waals surface area contributed by atoms with Crippen LogP contribution in [0.25, 0.3) is 0 Å². The molecule has 6 heteroatoms. The van der Waals surface area contributed by atoms with Crippen molar-refractivity contribution in [2.75, 3.05) is 7.05 Å². The Morgan fingerprint density at radius 2 is 1.94 bits per heavy atom. The van der Waals surface area contributed by atoms with Crippen molar-refractivity contribution < 1.29 is 0 Å². The quantitative estimate of drug-likeness (QED) is 0.798. The Labute approximate surface area is 93.7 Å². The molecule has 84 valence electrons. The van der Waals surface area contributed by atoms with Gasteiger partial charge in [0.1, 0.15) is 6.04 Å². The van der Waals surface area contributed by atoms with Crippen molar-refractivity contribution in [1.82, 2.24) is 30.3 Å². The molecule has 0 bridgehead atoms. The topological polar surface area (TPSA) is 68.5 Å². The largest absolute Gasteiger partial charge is 0.305 e. The van der Waals surface area contributed by atoms with Crippen LogP contribution in [0.5, 0.6) is 0 Å². The fraction of sp³-hybridized carbons (Fsp3) is 0.400. The first-order valence-corrected chi connectivity index (χ1v) is 5.02. The van der Waals surface area contributed by atoms with E-state index >= 15 is 0 Å². The van der Waals surface area contributed by atoms with Crippen LogP contribution in [0.2, 0.25) is 0 Å². The van der Waals surface area contributed by atoms with E-state index < -0.39 is 0 Å². The monoisotopic (exact) mass is 218 g/mol. The summed E-state index contributed by atoms with van der Waals surface area (Å²) < 4.78 is 1.71. The molecule has 1 unspecified atom stereocenters. The molecule has 6 nitrogen and oxygen atoms in total. The fourth-order valence-corrected chi connectivity index (χ4v) is 1.52. The van der Waals surface area contributed by atoms with Crippen LogP contribution in [0.15, 0.2) is 18.6 Å². The minimum absolute atomic E-state index is 0.0828. The van der Waals surface area contributed by atoms with E-state index in [0.29, 0.717) is 0 Å². The predicted molar refractivity (Wildman–Crippen MR) is 58.7 cm³/mol. The van der Waals surface area contributed by atoms with Gasteiger partial charge in [0.2, 0.25) is 0 Å². The van der Waals surface area contributed by atoms with Crippen molar-refractivity contribution in [2.45, 2.75) is 13.0 Å². The second-order valence-corrected chi connectivity index (χ2v) is 3.62. The molecule has 0 aliphatic heterocycles. The molecule has 0 saturated heterocycles. The normalized spacial score (nSPS) is 12.7. The zero-order valence-electron chi connectivity index (χ0n) is 9.55. The van der Waals surface area contributed by atoms with Gasteiger partial charge in [0.15, 0.2) is 5.82 Å². The second kappa shape index (κ2) is 4.36.